The monoisotopic (exact) mass is 516 g/mol. The van der Waals surface area contributed by atoms with Gasteiger partial charge in [-0.3, -0.25) is 0 Å². The molecule has 2 heterocycles. The second kappa shape index (κ2) is 10.2. The normalized spacial score (nSPS) is 18.7. The number of fused-ring (bicyclic) bond motifs is 1. The molecule has 1 aromatic heterocycles. The minimum Gasteiger partial charge on any atom is -0.234 e. The van der Waals surface area contributed by atoms with E-state index in [0.717, 1.165) is 53.6 Å². The molecule has 1 fully saturated rings. The molecule has 1 unspecified atom stereocenters. The molecule has 1 saturated heterocycles. The number of nitrogens with zero attached hydrogens (tertiary/aromatic N) is 3. The summed E-state index contributed by atoms with van der Waals surface area (Å²) in [6.45, 7) is 1.31. The van der Waals surface area contributed by atoms with Crippen molar-refractivity contribution in [1.29, 1.82) is 0 Å². The van der Waals surface area contributed by atoms with Crippen molar-refractivity contribution >= 4 is 16.1 Å². The lowest BCUT2D eigenvalue weighted by Crippen LogP contribution is -2.44. The molecule has 0 amide bonds. The molecule has 0 bridgehead atoms. The van der Waals surface area contributed by atoms with Gasteiger partial charge in [-0.25, -0.2) is 31.3 Å². The van der Waals surface area contributed by atoms with Gasteiger partial charge in [-0.1, -0.05) is 18.6 Å². The van der Waals surface area contributed by atoms with Gasteiger partial charge in [0.15, 0.2) is 5.82 Å². The molecule has 3 aromatic rings. The number of piperidine rings is 1. The Hall–Kier alpha value is -2.95. The minimum atomic E-state index is -3.75. The van der Waals surface area contributed by atoms with E-state index in [-0.39, 0.29) is 17.4 Å². The molecule has 5 rings (SSSR count). The number of halogens is 3. The Morgan fingerprint density at radius 3 is 2.56 bits per heavy atom. The summed E-state index contributed by atoms with van der Waals surface area (Å²) in [5.74, 6) is -1.90. The Balaban J connectivity index is 1.50. The number of hydrogen-bond donors (Lipinski definition) is 1. The number of hydrazine groups is 1. The first-order valence-electron chi connectivity index (χ1n) is 12.1. The molecule has 1 aliphatic heterocycles. The maximum atomic E-state index is 14.8. The molecular weight excluding hydrogens is 489 g/mol. The zero-order valence-electron chi connectivity index (χ0n) is 19.6. The van der Waals surface area contributed by atoms with Crippen LogP contribution in [-0.4, -0.2) is 36.3 Å². The predicted molar refractivity (Wildman–Crippen MR) is 131 cm³/mol. The summed E-state index contributed by atoms with van der Waals surface area (Å²) in [5, 5.41) is 7.31. The second-order valence-corrected chi connectivity index (χ2v) is 10.9. The van der Waals surface area contributed by atoms with Gasteiger partial charge in [0.05, 0.1) is 11.4 Å². The van der Waals surface area contributed by atoms with Crippen LogP contribution in [0.4, 0.5) is 13.2 Å². The number of rotatable bonds is 7. The van der Waals surface area contributed by atoms with Crippen molar-refractivity contribution in [2.75, 3.05) is 13.1 Å². The maximum absolute atomic E-state index is 14.8. The lowest BCUT2D eigenvalue weighted by atomic mass is 9.97. The highest BCUT2D eigenvalue weighted by atomic mass is 32.2. The highest BCUT2D eigenvalue weighted by Crippen LogP contribution is 2.39. The maximum Gasteiger partial charge on any atom is 0.246 e. The number of sulfonamides is 1. The van der Waals surface area contributed by atoms with Gasteiger partial charge in [0, 0.05) is 36.0 Å². The smallest absolute Gasteiger partial charge is 0.234 e. The average molecular weight is 517 g/mol. The van der Waals surface area contributed by atoms with Crippen molar-refractivity contribution in [3.8, 4) is 5.69 Å². The molecule has 6 nitrogen and oxygen atoms in total. The summed E-state index contributed by atoms with van der Waals surface area (Å²) in [4.78, 5) is 2.58. The molecule has 1 N–H and O–H groups in total. The first kappa shape index (κ1) is 24.7. The quantitative estimate of drug-likeness (QED) is 0.488. The van der Waals surface area contributed by atoms with Crippen LogP contribution < -0.4 is 4.83 Å². The third-order valence-corrected chi connectivity index (χ3v) is 7.72. The molecule has 2 aromatic carbocycles. The molecule has 190 valence electrons. The highest BCUT2D eigenvalue weighted by molar-refractivity contribution is 7.92. The van der Waals surface area contributed by atoms with Gasteiger partial charge >= 0.3 is 0 Å². The topological polar surface area (TPSA) is 67.2 Å². The van der Waals surface area contributed by atoms with E-state index in [1.807, 2.05) is 6.07 Å². The van der Waals surface area contributed by atoms with Gasteiger partial charge in [0.25, 0.3) is 0 Å². The summed E-state index contributed by atoms with van der Waals surface area (Å²) in [6.07, 6.45) is 6.20. The molecule has 2 aliphatic rings. The average Bonchev–Trinajstić information content (AvgIpc) is 3.40. The van der Waals surface area contributed by atoms with Crippen LogP contribution in [0.3, 0.4) is 0 Å². The molecule has 0 saturated carbocycles. The van der Waals surface area contributed by atoms with Crippen molar-refractivity contribution in [3.05, 3.63) is 87.8 Å². The number of aromatic nitrogens is 2. The molecule has 1 atom stereocenters. The van der Waals surface area contributed by atoms with Crippen LogP contribution in [-0.2, 0) is 22.9 Å². The van der Waals surface area contributed by atoms with Gasteiger partial charge in [-0.05, 0) is 68.0 Å². The van der Waals surface area contributed by atoms with Crippen LogP contribution >= 0.6 is 0 Å². The van der Waals surface area contributed by atoms with E-state index in [0.29, 0.717) is 38.0 Å². The van der Waals surface area contributed by atoms with Crippen LogP contribution in [0.5, 0.6) is 0 Å². The fourth-order valence-corrected chi connectivity index (χ4v) is 5.99. The molecule has 0 radical (unpaired) electrons. The van der Waals surface area contributed by atoms with Gasteiger partial charge in [0.2, 0.25) is 10.0 Å². The van der Waals surface area contributed by atoms with Gasteiger partial charge in [-0.15, -0.1) is 4.83 Å². The Morgan fingerprint density at radius 2 is 1.81 bits per heavy atom. The third-order valence-electron chi connectivity index (χ3n) is 6.71. The SMILES string of the molecule is O=S(=O)(/C=C/c1nn(-c2ccc(F)cc2F)c2c1CCC2Cc1cccc(F)c1)NN1CCCCC1. The fourth-order valence-electron chi connectivity index (χ4n) is 5.08. The lowest BCUT2D eigenvalue weighted by Gasteiger charge is -2.25. The Bertz CT molecular complexity index is 1400. The largest absolute Gasteiger partial charge is 0.246 e. The van der Waals surface area contributed by atoms with Crippen LogP contribution in [0.15, 0.2) is 47.9 Å². The number of hydrogen-bond acceptors (Lipinski definition) is 4. The van der Waals surface area contributed by atoms with E-state index in [2.05, 4.69) is 9.93 Å². The van der Waals surface area contributed by atoms with Crippen molar-refractivity contribution < 1.29 is 21.6 Å². The molecule has 36 heavy (non-hydrogen) atoms. The number of benzene rings is 2. The molecule has 0 spiro atoms. The summed E-state index contributed by atoms with van der Waals surface area (Å²) < 4.78 is 68.9. The van der Waals surface area contributed by atoms with E-state index < -0.39 is 21.7 Å². The summed E-state index contributed by atoms with van der Waals surface area (Å²) in [6, 6.07) is 9.59. The van der Waals surface area contributed by atoms with Crippen LogP contribution in [0.2, 0.25) is 0 Å². The van der Waals surface area contributed by atoms with Gasteiger partial charge < -0.3 is 0 Å². The first-order valence-corrected chi connectivity index (χ1v) is 13.6. The van der Waals surface area contributed by atoms with Gasteiger partial charge in [0.1, 0.15) is 17.3 Å². The summed E-state index contributed by atoms with van der Waals surface area (Å²) in [5.41, 5.74) is 2.83. The third kappa shape index (κ3) is 5.40. The molecular formula is C26H27F3N4O2S. The molecule has 1 aliphatic carbocycles. The Kier molecular flexibility index (Phi) is 7.00. The van der Waals surface area contributed by atoms with E-state index in [1.165, 1.54) is 29.0 Å². The zero-order valence-corrected chi connectivity index (χ0v) is 20.4. The standard InChI is InChI=1S/C26H27F3N4O2S/c27-20-6-4-5-18(16-20)15-19-7-9-22-24(11-14-36(34,35)31-32-12-2-1-3-13-32)30-33(26(19)22)25-10-8-21(28)17-23(25)29/h4-6,8,10-11,14,16-17,19,31H,1-3,7,9,12-13,15H2/b14-11+. The van der Waals surface area contributed by atoms with E-state index >= 15 is 0 Å². The van der Waals surface area contributed by atoms with E-state index in [9.17, 15) is 21.6 Å². The van der Waals surface area contributed by atoms with Gasteiger partial charge in [-0.2, -0.15) is 5.10 Å². The predicted octanol–water partition coefficient (Wildman–Crippen LogP) is 4.85. The van der Waals surface area contributed by atoms with Crippen LogP contribution in [0, 0.1) is 17.5 Å². The van der Waals surface area contributed by atoms with E-state index in [4.69, 9.17) is 0 Å². The van der Waals surface area contributed by atoms with E-state index in [1.54, 1.807) is 11.1 Å². The summed E-state index contributed by atoms with van der Waals surface area (Å²) in [7, 11) is -3.75. The lowest BCUT2D eigenvalue weighted by molar-refractivity contribution is 0.201. The van der Waals surface area contributed by atoms with Crippen molar-refractivity contribution in [1.82, 2.24) is 19.6 Å². The first-order chi connectivity index (χ1) is 17.3. The van der Waals surface area contributed by atoms with Crippen LogP contribution in [0.1, 0.15) is 54.1 Å². The summed E-state index contributed by atoms with van der Waals surface area (Å²) >= 11 is 0. The van der Waals surface area contributed by atoms with Crippen LogP contribution in [0.25, 0.3) is 11.8 Å². The fraction of sp³-hybridized carbons (Fsp3) is 0.346. The highest BCUT2D eigenvalue weighted by Gasteiger charge is 2.32. The minimum absolute atomic E-state index is 0.0766. The second-order valence-electron chi connectivity index (χ2n) is 9.31. The number of nitrogens with one attached hydrogen (secondary N) is 1. The zero-order chi connectivity index (χ0) is 25.3. The van der Waals surface area contributed by atoms with Crippen molar-refractivity contribution in [2.24, 2.45) is 0 Å². The molecule has 10 heteroatoms. The Morgan fingerprint density at radius 1 is 1.03 bits per heavy atom. The van der Waals surface area contributed by atoms with Crippen molar-refractivity contribution in [3.63, 3.8) is 0 Å². The van der Waals surface area contributed by atoms with Crippen molar-refractivity contribution in [2.45, 2.75) is 44.4 Å². The Labute approximate surface area is 208 Å².